The van der Waals surface area contributed by atoms with E-state index in [1.54, 1.807) is 12.1 Å². The molecular formula is C14H20F2N2. The summed E-state index contributed by atoms with van der Waals surface area (Å²) >= 11 is 0. The second-order valence-electron chi connectivity index (χ2n) is 5.01. The van der Waals surface area contributed by atoms with Gasteiger partial charge in [0.25, 0.3) is 0 Å². The lowest BCUT2D eigenvalue weighted by molar-refractivity contribution is 0.171. The van der Waals surface area contributed by atoms with Crippen molar-refractivity contribution in [2.24, 2.45) is 11.7 Å². The van der Waals surface area contributed by atoms with Crippen LogP contribution in [-0.4, -0.2) is 24.5 Å². The number of nitrogens with two attached hydrogens (primary N) is 1. The summed E-state index contributed by atoms with van der Waals surface area (Å²) in [5, 5.41) is 0. The first-order valence-corrected chi connectivity index (χ1v) is 6.56. The zero-order valence-corrected chi connectivity index (χ0v) is 10.5. The Balaban J connectivity index is 1.90. The fourth-order valence-electron chi connectivity index (χ4n) is 2.58. The van der Waals surface area contributed by atoms with Crippen molar-refractivity contribution in [2.45, 2.75) is 25.8 Å². The number of nitrogens with zero attached hydrogens (tertiary/aromatic N) is 1. The summed E-state index contributed by atoms with van der Waals surface area (Å²) in [5.41, 5.74) is 6.00. The van der Waals surface area contributed by atoms with Crippen LogP contribution in [0.2, 0.25) is 0 Å². The summed E-state index contributed by atoms with van der Waals surface area (Å²) in [7, 11) is 0. The predicted molar refractivity (Wildman–Crippen MR) is 68.0 cm³/mol. The summed E-state index contributed by atoms with van der Waals surface area (Å²) in [4.78, 5) is 2.19. The van der Waals surface area contributed by atoms with Crippen molar-refractivity contribution in [3.05, 3.63) is 35.4 Å². The van der Waals surface area contributed by atoms with Crippen LogP contribution >= 0.6 is 0 Å². The van der Waals surface area contributed by atoms with Gasteiger partial charge >= 0.3 is 0 Å². The zero-order valence-electron chi connectivity index (χ0n) is 10.5. The van der Waals surface area contributed by atoms with Crippen molar-refractivity contribution in [1.29, 1.82) is 0 Å². The van der Waals surface area contributed by atoms with Gasteiger partial charge in [-0.1, -0.05) is 12.1 Å². The summed E-state index contributed by atoms with van der Waals surface area (Å²) < 4.78 is 26.6. The largest absolute Gasteiger partial charge is 0.330 e. The summed E-state index contributed by atoms with van der Waals surface area (Å²) in [6, 6.07) is 4.38. The van der Waals surface area contributed by atoms with Gasteiger partial charge in [0.1, 0.15) is 0 Å². The number of rotatable bonds is 4. The molecule has 0 radical (unpaired) electrons. The Morgan fingerprint density at radius 3 is 2.61 bits per heavy atom. The van der Waals surface area contributed by atoms with Crippen molar-refractivity contribution < 1.29 is 8.78 Å². The van der Waals surface area contributed by atoms with E-state index in [0.29, 0.717) is 18.0 Å². The topological polar surface area (TPSA) is 29.3 Å². The Kier molecular flexibility index (Phi) is 4.66. The summed E-state index contributed by atoms with van der Waals surface area (Å²) in [5.74, 6) is -0.768. The molecule has 1 aliphatic heterocycles. The monoisotopic (exact) mass is 254 g/mol. The second kappa shape index (κ2) is 6.25. The fraction of sp³-hybridized carbons (Fsp3) is 0.571. The molecule has 100 valence electrons. The number of piperidine rings is 1. The molecule has 18 heavy (non-hydrogen) atoms. The summed E-state index contributed by atoms with van der Waals surface area (Å²) in [6.45, 7) is 3.13. The zero-order chi connectivity index (χ0) is 13.0. The van der Waals surface area contributed by atoms with Crippen LogP contribution in [0.3, 0.4) is 0 Å². The average molecular weight is 254 g/mol. The lowest BCUT2D eigenvalue weighted by Gasteiger charge is -2.31. The third-order valence-corrected chi connectivity index (χ3v) is 3.71. The first-order valence-electron chi connectivity index (χ1n) is 6.56. The molecule has 0 aromatic heterocycles. The smallest absolute Gasteiger partial charge is 0.163 e. The van der Waals surface area contributed by atoms with E-state index in [0.717, 1.165) is 45.0 Å². The molecule has 1 aliphatic rings. The molecule has 1 saturated heterocycles. The van der Waals surface area contributed by atoms with Crippen molar-refractivity contribution in [2.75, 3.05) is 19.6 Å². The number of benzene rings is 1. The molecule has 1 fully saturated rings. The van der Waals surface area contributed by atoms with Gasteiger partial charge in [-0.25, -0.2) is 8.78 Å². The Bertz CT molecular complexity index is 387. The highest BCUT2D eigenvalue weighted by Gasteiger charge is 2.19. The van der Waals surface area contributed by atoms with Crippen LogP contribution < -0.4 is 5.73 Å². The van der Waals surface area contributed by atoms with Crippen LogP contribution in [0.5, 0.6) is 0 Å². The maximum atomic E-state index is 13.5. The van der Waals surface area contributed by atoms with E-state index in [1.807, 2.05) is 0 Å². The molecule has 0 amide bonds. The highest BCUT2D eigenvalue weighted by molar-refractivity contribution is 5.18. The molecule has 4 heteroatoms. The molecule has 0 spiro atoms. The summed E-state index contributed by atoms with van der Waals surface area (Å²) in [6.07, 6.45) is 3.28. The third kappa shape index (κ3) is 3.27. The van der Waals surface area contributed by atoms with Crippen LogP contribution in [0.1, 0.15) is 24.8 Å². The number of likely N-dealkylation sites (tertiary alicyclic amines) is 1. The molecule has 0 unspecified atom stereocenters. The average Bonchev–Trinajstić information content (AvgIpc) is 2.38. The molecule has 0 bridgehead atoms. The molecule has 1 heterocycles. The van der Waals surface area contributed by atoms with Gasteiger partial charge in [-0.2, -0.15) is 0 Å². The van der Waals surface area contributed by atoms with E-state index in [2.05, 4.69) is 4.90 Å². The van der Waals surface area contributed by atoms with Crippen LogP contribution in [-0.2, 0) is 6.54 Å². The van der Waals surface area contributed by atoms with Gasteiger partial charge in [0.15, 0.2) is 11.6 Å². The van der Waals surface area contributed by atoms with Gasteiger partial charge in [0, 0.05) is 12.1 Å². The van der Waals surface area contributed by atoms with Gasteiger partial charge in [-0.3, -0.25) is 4.90 Å². The molecule has 2 rings (SSSR count). The minimum Gasteiger partial charge on any atom is -0.330 e. The van der Waals surface area contributed by atoms with Crippen LogP contribution in [0.4, 0.5) is 8.78 Å². The lowest BCUT2D eigenvalue weighted by atomic mass is 9.93. The Morgan fingerprint density at radius 2 is 1.94 bits per heavy atom. The van der Waals surface area contributed by atoms with E-state index in [-0.39, 0.29) is 0 Å². The molecule has 0 aliphatic carbocycles. The van der Waals surface area contributed by atoms with E-state index >= 15 is 0 Å². The van der Waals surface area contributed by atoms with Crippen molar-refractivity contribution >= 4 is 0 Å². The quantitative estimate of drug-likeness (QED) is 0.894. The predicted octanol–water partition coefficient (Wildman–Crippen LogP) is 2.53. The van der Waals surface area contributed by atoms with Crippen LogP contribution in [0.15, 0.2) is 18.2 Å². The minimum absolute atomic E-state index is 0.451. The second-order valence-corrected chi connectivity index (χ2v) is 5.01. The Hall–Kier alpha value is -1.00. The van der Waals surface area contributed by atoms with Crippen LogP contribution in [0.25, 0.3) is 0 Å². The SMILES string of the molecule is NCCC1CCN(Cc2cccc(F)c2F)CC1. The van der Waals surface area contributed by atoms with Gasteiger partial charge < -0.3 is 5.73 Å². The molecular weight excluding hydrogens is 234 g/mol. The maximum absolute atomic E-state index is 13.5. The normalized spacial score (nSPS) is 18.2. The van der Waals surface area contributed by atoms with Crippen molar-refractivity contribution in [3.63, 3.8) is 0 Å². The van der Waals surface area contributed by atoms with Gasteiger partial charge in [0.2, 0.25) is 0 Å². The third-order valence-electron chi connectivity index (χ3n) is 3.71. The molecule has 2 nitrogen and oxygen atoms in total. The molecule has 0 atom stereocenters. The van der Waals surface area contributed by atoms with E-state index in [4.69, 9.17) is 5.73 Å². The van der Waals surface area contributed by atoms with E-state index < -0.39 is 11.6 Å². The van der Waals surface area contributed by atoms with Gasteiger partial charge in [-0.15, -0.1) is 0 Å². The first-order chi connectivity index (χ1) is 8.70. The first kappa shape index (κ1) is 13.4. The molecule has 0 saturated carbocycles. The fourth-order valence-corrected chi connectivity index (χ4v) is 2.58. The van der Waals surface area contributed by atoms with Crippen molar-refractivity contribution in [1.82, 2.24) is 4.90 Å². The number of hydrogen-bond acceptors (Lipinski definition) is 2. The van der Waals surface area contributed by atoms with Crippen molar-refractivity contribution in [3.8, 4) is 0 Å². The van der Waals surface area contributed by atoms with Crippen LogP contribution in [0, 0.1) is 17.6 Å². The molecule has 1 aromatic carbocycles. The van der Waals surface area contributed by atoms with Gasteiger partial charge in [0.05, 0.1) is 0 Å². The highest BCUT2D eigenvalue weighted by Crippen LogP contribution is 2.22. The number of hydrogen-bond donors (Lipinski definition) is 1. The van der Waals surface area contributed by atoms with E-state index in [9.17, 15) is 8.78 Å². The van der Waals surface area contributed by atoms with Gasteiger partial charge in [-0.05, 0) is 50.9 Å². The molecule has 2 N–H and O–H groups in total. The Labute approximate surface area is 107 Å². The standard InChI is InChI=1S/C14H20F2N2/c15-13-3-1-2-12(14(13)16)10-18-8-5-11(4-7-17)6-9-18/h1-3,11H,4-10,17H2. The number of halogens is 2. The van der Waals surface area contributed by atoms with E-state index in [1.165, 1.54) is 0 Å². The molecule has 1 aromatic rings. The Morgan fingerprint density at radius 1 is 1.22 bits per heavy atom. The highest BCUT2D eigenvalue weighted by atomic mass is 19.2. The minimum atomic E-state index is -0.759. The lowest BCUT2D eigenvalue weighted by Crippen LogP contribution is -2.34. The maximum Gasteiger partial charge on any atom is 0.163 e.